The molecule has 24 heteroatoms. The topological polar surface area (TPSA) is 174 Å². The summed E-state index contributed by atoms with van der Waals surface area (Å²) in [5.41, 5.74) is 7.58. The van der Waals surface area contributed by atoms with Crippen LogP contribution in [0.15, 0.2) is 24.3 Å². The first-order valence-corrected chi connectivity index (χ1v) is 27.6. The highest BCUT2D eigenvalue weighted by atomic mass is 35.5. The lowest BCUT2D eigenvalue weighted by atomic mass is 10.2. The minimum absolute atomic E-state index is 0.0144. The summed E-state index contributed by atoms with van der Waals surface area (Å²) in [6.45, 7) is 7.71. The van der Waals surface area contributed by atoms with Crippen molar-refractivity contribution in [2.45, 2.75) is 125 Å². The van der Waals surface area contributed by atoms with E-state index in [1.807, 2.05) is 24.3 Å². The van der Waals surface area contributed by atoms with Crippen LogP contribution in [0, 0.1) is 0 Å². The van der Waals surface area contributed by atoms with Crippen molar-refractivity contribution in [2.75, 3.05) is 91.4 Å². The smallest absolute Gasteiger partial charge is 0.226 e. The Kier molecular flexibility index (Phi) is 16.0. The molecule has 1 aromatic carbocycles. The Balaban J connectivity index is 0.000000117. The van der Waals surface area contributed by atoms with E-state index < -0.39 is 0 Å². The standard InChI is InChI=1S/C22H26ClN5O2.C16H20Cl2N4O2.C6H11NO.C4Cl4N2/c23-19-21(27-15-5-6-16(27)10-29-9-15)25-20(13-1-3-14(24)4-2-13)26-22(19)28-17-7-8-18(28)12-30-11-17;17-13-14(21-9-1-2-10(21)6-23-5-9)19-16(18)20-15(13)22-11-3-4-12(22)8-24-7-11;1-2-6-4-8-3-5(1)7-6;5-1-2(6)9-4(8)10-3(1)7/h1-4,15-18H,5-12,24H2;9-12H,1-8H2;5-7H,1-4H2;. The third-order valence-corrected chi connectivity index (χ3v) is 17.5. The van der Waals surface area contributed by atoms with Gasteiger partial charge in [0.05, 0.1) is 114 Å². The molecule has 10 aliphatic heterocycles. The van der Waals surface area contributed by atoms with E-state index in [1.165, 1.54) is 12.8 Å². The van der Waals surface area contributed by atoms with Crippen LogP contribution < -0.4 is 30.7 Å². The summed E-state index contributed by atoms with van der Waals surface area (Å²) in [7, 11) is 0. The van der Waals surface area contributed by atoms with Crippen LogP contribution in [0.2, 0.25) is 35.9 Å². The Morgan fingerprint density at radius 3 is 1.03 bits per heavy atom. The minimum atomic E-state index is -0.0144. The third kappa shape index (κ3) is 10.7. The van der Waals surface area contributed by atoms with Crippen LogP contribution in [0.4, 0.5) is 29.0 Å². The van der Waals surface area contributed by atoms with Crippen molar-refractivity contribution in [3.63, 3.8) is 0 Å². The fraction of sp³-hybridized carbons (Fsp3) is 0.625. The number of morpholine rings is 5. The van der Waals surface area contributed by atoms with Gasteiger partial charge in [0.25, 0.3) is 0 Å². The molecule has 10 aliphatic rings. The first-order valence-electron chi connectivity index (χ1n) is 25.0. The van der Waals surface area contributed by atoms with Gasteiger partial charge in [-0.05, 0) is 112 Å². The van der Waals surface area contributed by atoms with E-state index in [0.29, 0.717) is 76.3 Å². The molecule has 0 aliphatic carbocycles. The van der Waals surface area contributed by atoms with E-state index in [9.17, 15) is 0 Å². The van der Waals surface area contributed by atoms with Gasteiger partial charge in [0.2, 0.25) is 10.6 Å². The number of nitrogen functional groups attached to an aromatic ring is 1. The van der Waals surface area contributed by atoms with Gasteiger partial charge in [0, 0.05) is 23.3 Å². The second-order valence-corrected chi connectivity index (χ2v) is 22.5. The maximum absolute atomic E-state index is 7.07. The average Bonchev–Trinajstić information content (AvgIpc) is 4.07. The Morgan fingerprint density at radius 1 is 0.389 bits per heavy atom. The zero-order valence-corrected chi connectivity index (χ0v) is 44.8. The normalized spacial score (nSPS) is 30.6. The van der Waals surface area contributed by atoms with E-state index in [-0.39, 0.29) is 25.9 Å². The van der Waals surface area contributed by atoms with Gasteiger partial charge >= 0.3 is 0 Å². The van der Waals surface area contributed by atoms with Crippen molar-refractivity contribution in [3.8, 4) is 11.4 Å². The molecule has 0 amide bonds. The molecule has 0 spiro atoms. The number of benzene rings is 1. The first-order chi connectivity index (χ1) is 35.0. The second-order valence-electron chi connectivity index (χ2n) is 20.0. The number of fused-ring (bicyclic) bond motifs is 10. The van der Waals surface area contributed by atoms with Crippen LogP contribution in [-0.2, 0) is 23.7 Å². The number of halogens is 7. The highest BCUT2D eigenvalue weighted by molar-refractivity contribution is 6.47. The highest BCUT2D eigenvalue weighted by Gasteiger charge is 2.45. The number of anilines is 5. The number of nitrogens with two attached hydrogens (primary N) is 1. The van der Waals surface area contributed by atoms with Gasteiger partial charge in [0.15, 0.2) is 39.4 Å². The van der Waals surface area contributed by atoms with E-state index in [4.69, 9.17) is 121 Å². The molecule has 17 nitrogen and oxygen atoms in total. The van der Waals surface area contributed by atoms with Crippen molar-refractivity contribution in [3.05, 3.63) is 60.2 Å². The second kappa shape index (κ2) is 22.5. The van der Waals surface area contributed by atoms with Gasteiger partial charge in [-0.3, -0.25) is 0 Å². The van der Waals surface area contributed by atoms with Crippen molar-refractivity contribution in [1.29, 1.82) is 0 Å². The molecule has 13 heterocycles. The molecule has 72 heavy (non-hydrogen) atoms. The maximum atomic E-state index is 7.07. The largest absolute Gasteiger partial charge is 0.399 e. The van der Waals surface area contributed by atoms with Gasteiger partial charge in [0.1, 0.15) is 15.1 Å². The lowest BCUT2D eigenvalue weighted by Gasteiger charge is -2.39. The molecule has 14 rings (SSSR count). The molecular weight excluding hydrogens is 1070 g/mol. The molecule has 10 bridgehead atoms. The summed E-state index contributed by atoms with van der Waals surface area (Å²) in [5, 5.41) is 5.24. The zero-order valence-electron chi connectivity index (χ0n) is 39.5. The first kappa shape index (κ1) is 51.4. The Bertz CT molecular complexity index is 2380. The number of nitrogens with zero attached hydrogens (tertiary/aromatic N) is 10. The number of rotatable bonds is 5. The van der Waals surface area contributed by atoms with Crippen LogP contribution in [0.1, 0.15) is 64.2 Å². The summed E-state index contributed by atoms with van der Waals surface area (Å²) in [6, 6.07) is 11.8. The molecule has 0 radical (unpaired) electrons. The molecule has 3 aromatic heterocycles. The zero-order chi connectivity index (χ0) is 49.6. The molecular formula is C48H57Cl7N12O5. The molecule has 10 saturated heterocycles. The quantitative estimate of drug-likeness (QED) is 0.110. The van der Waals surface area contributed by atoms with Gasteiger partial charge < -0.3 is 54.3 Å². The maximum Gasteiger partial charge on any atom is 0.226 e. The molecule has 10 unspecified atom stereocenters. The van der Waals surface area contributed by atoms with Crippen molar-refractivity contribution < 1.29 is 23.7 Å². The molecule has 4 aromatic rings. The predicted octanol–water partition coefficient (Wildman–Crippen LogP) is 8.86. The Labute approximate surface area is 453 Å². The SMILES string of the molecule is C1CC2COCC1N2.Clc1nc(Cl)c(Cl)c(Cl)n1.Clc1nc(N2C3CCC2COC3)c(Cl)c(N2C3CCC2COC3)n1.Nc1ccc(-c2nc(N3C4CCC3COC4)c(Cl)c(N3C4CCC3COC4)n2)cc1. The minimum Gasteiger partial charge on any atom is -0.399 e. The highest BCUT2D eigenvalue weighted by Crippen LogP contribution is 2.46. The van der Waals surface area contributed by atoms with Crippen molar-refractivity contribution in [1.82, 2.24) is 35.2 Å². The lowest BCUT2D eigenvalue weighted by Crippen LogP contribution is -2.48. The predicted molar refractivity (Wildman–Crippen MR) is 282 cm³/mol. The summed E-state index contributed by atoms with van der Waals surface area (Å²) in [6.07, 6.45) is 11.5. The van der Waals surface area contributed by atoms with Crippen LogP contribution in [0.25, 0.3) is 11.4 Å². The number of ether oxygens (including phenoxy) is 5. The molecule has 388 valence electrons. The average molecular weight is 1130 g/mol. The van der Waals surface area contributed by atoms with E-state index >= 15 is 0 Å². The van der Waals surface area contributed by atoms with E-state index in [1.54, 1.807) is 0 Å². The van der Waals surface area contributed by atoms with Crippen molar-refractivity contribution >= 4 is 110 Å². The van der Waals surface area contributed by atoms with E-state index in [0.717, 1.165) is 152 Å². The van der Waals surface area contributed by atoms with Crippen LogP contribution in [0.5, 0.6) is 0 Å². The summed E-state index contributed by atoms with van der Waals surface area (Å²) in [4.78, 5) is 35.5. The van der Waals surface area contributed by atoms with Crippen molar-refractivity contribution in [2.24, 2.45) is 0 Å². The molecule has 10 atom stereocenters. The van der Waals surface area contributed by atoms with Gasteiger partial charge in [-0.1, -0.05) is 58.0 Å². The van der Waals surface area contributed by atoms with Crippen LogP contribution >= 0.6 is 81.2 Å². The number of aromatic nitrogens is 6. The molecule has 10 fully saturated rings. The summed E-state index contributed by atoms with van der Waals surface area (Å²) in [5.74, 6) is 3.92. The Hall–Kier alpha value is -2.75. The third-order valence-electron chi connectivity index (χ3n) is 15.4. The number of hydrogen-bond donors (Lipinski definition) is 2. The summed E-state index contributed by atoms with van der Waals surface area (Å²) < 4.78 is 28.3. The Morgan fingerprint density at radius 2 is 0.694 bits per heavy atom. The fourth-order valence-corrected chi connectivity index (χ4v) is 13.5. The molecule has 0 saturated carbocycles. The molecule has 3 N–H and O–H groups in total. The van der Waals surface area contributed by atoms with Crippen LogP contribution in [-0.4, -0.2) is 156 Å². The summed E-state index contributed by atoms with van der Waals surface area (Å²) >= 11 is 42.0. The van der Waals surface area contributed by atoms with Crippen LogP contribution in [0.3, 0.4) is 0 Å². The number of hydrogen-bond acceptors (Lipinski definition) is 17. The van der Waals surface area contributed by atoms with Gasteiger partial charge in [-0.2, -0.15) is 9.97 Å². The van der Waals surface area contributed by atoms with Gasteiger partial charge in [-0.15, -0.1) is 0 Å². The van der Waals surface area contributed by atoms with Gasteiger partial charge in [-0.25, -0.2) is 19.9 Å². The monoisotopic (exact) mass is 1130 g/mol. The number of nitrogens with one attached hydrogen (secondary N) is 1. The van der Waals surface area contributed by atoms with E-state index in [2.05, 4.69) is 44.9 Å². The fourth-order valence-electron chi connectivity index (χ4n) is 12.1. The lowest BCUT2D eigenvalue weighted by molar-refractivity contribution is 0.0728.